The van der Waals surface area contributed by atoms with E-state index >= 15 is 0 Å². The van der Waals surface area contributed by atoms with E-state index < -0.39 is 0 Å². The molecule has 4 rings (SSSR count). The van der Waals surface area contributed by atoms with Crippen molar-refractivity contribution >= 4 is 0 Å². The predicted octanol–water partition coefficient (Wildman–Crippen LogP) is 0.809. The monoisotopic (exact) mass is 342 g/mol. The molecule has 6 heteroatoms. The second-order valence-corrected chi connectivity index (χ2v) is 7.00. The minimum absolute atomic E-state index is 0.233. The summed E-state index contributed by atoms with van der Waals surface area (Å²) in [6.45, 7) is 6.74. The van der Waals surface area contributed by atoms with Gasteiger partial charge in [0, 0.05) is 51.2 Å². The van der Waals surface area contributed by atoms with E-state index in [2.05, 4.69) is 39.2 Å². The van der Waals surface area contributed by atoms with E-state index in [0.29, 0.717) is 0 Å². The van der Waals surface area contributed by atoms with E-state index in [9.17, 15) is 5.11 Å². The van der Waals surface area contributed by atoms with Crippen molar-refractivity contribution < 1.29 is 9.84 Å². The molecule has 1 aromatic heterocycles. The van der Waals surface area contributed by atoms with Crippen molar-refractivity contribution in [2.24, 2.45) is 0 Å². The largest absolute Gasteiger partial charge is 0.390 e. The highest BCUT2D eigenvalue weighted by Gasteiger charge is 2.35. The van der Waals surface area contributed by atoms with Crippen molar-refractivity contribution in [3.8, 4) is 0 Å². The van der Waals surface area contributed by atoms with Gasteiger partial charge in [0.2, 0.25) is 0 Å². The Labute approximate surface area is 148 Å². The normalized spacial score (nSPS) is 25.5. The number of likely N-dealkylation sites (tertiary alicyclic amines) is 1. The fourth-order valence-electron chi connectivity index (χ4n) is 3.91. The molecule has 2 aliphatic rings. The van der Waals surface area contributed by atoms with Crippen molar-refractivity contribution in [1.82, 2.24) is 19.6 Å². The maximum Gasteiger partial charge on any atom is 0.0834 e. The third-order valence-corrected chi connectivity index (χ3v) is 5.15. The molecule has 25 heavy (non-hydrogen) atoms. The van der Waals surface area contributed by atoms with Crippen molar-refractivity contribution in [2.75, 3.05) is 39.4 Å². The Balaban J connectivity index is 1.37. The van der Waals surface area contributed by atoms with E-state index in [1.54, 1.807) is 6.20 Å². The van der Waals surface area contributed by atoms with Crippen LogP contribution in [0.3, 0.4) is 0 Å². The SMILES string of the molecule is O[C@H]1CN(Cc2cccc(Cn3cccn3)c2)C[C@@H]1N1CCOCC1. The van der Waals surface area contributed by atoms with Crippen molar-refractivity contribution in [3.63, 3.8) is 0 Å². The molecule has 0 saturated carbocycles. The number of aliphatic hydroxyl groups excluding tert-OH is 1. The summed E-state index contributed by atoms with van der Waals surface area (Å²) >= 11 is 0. The second kappa shape index (κ2) is 7.66. The Kier molecular flexibility index (Phi) is 5.12. The van der Waals surface area contributed by atoms with Gasteiger partial charge in [-0.15, -0.1) is 0 Å². The number of β-amino-alcohol motifs (C(OH)–C–C–N with tert-alkyl or cyclic N) is 1. The van der Waals surface area contributed by atoms with Gasteiger partial charge in [-0.1, -0.05) is 24.3 Å². The van der Waals surface area contributed by atoms with Gasteiger partial charge in [-0.05, 0) is 17.2 Å². The summed E-state index contributed by atoms with van der Waals surface area (Å²) in [5, 5.41) is 14.8. The maximum atomic E-state index is 10.5. The molecule has 134 valence electrons. The molecule has 3 heterocycles. The maximum absolute atomic E-state index is 10.5. The molecule has 0 amide bonds. The number of rotatable bonds is 5. The molecule has 6 nitrogen and oxygen atoms in total. The van der Waals surface area contributed by atoms with Crippen LogP contribution >= 0.6 is 0 Å². The topological polar surface area (TPSA) is 53.8 Å². The Morgan fingerprint density at radius 1 is 1.08 bits per heavy atom. The van der Waals surface area contributed by atoms with Gasteiger partial charge in [0.25, 0.3) is 0 Å². The van der Waals surface area contributed by atoms with Gasteiger partial charge in [0.05, 0.1) is 25.9 Å². The number of hydrogen-bond donors (Lipinski definition) is 1. The average molecular weight is 342 g/mol. The fraction of sp³-hybridized carbons (Fsp3) is 0.526. The van der Waals surface area contributed by atoms with Gasteiger partial charge in [-0.2, -0.15) is 5.10 Å². The summed E-state index contributed by atoms with van der Waals surface area (Å²) in [5.74, 6) is 0. The smallest absolute Gasteiger partial charge is 0.0834 e. The van der Waals surface area contributed by atoms with Gasteiger partial charge in [-0.25, -0.2) is 0 Å². The first-order valence-electron chi connectivity index (χ1n) is 9.05. The highest BCUT2D eigenvalue weighted by Crippen LogP contribution is 2.20. The molecule has 2 aliphatic heterocycles. The van der Waals surface area contributed by atoms with Crippen LogP contribution in [0.5, 0.6) is 0 Å². The number of benzene rings is 1. The molecule has 0 spiro atoms. The standard InChI is InChI=1S/C19H26N4O2/c24-19-15-21(14-18(19)22-7-9-25-10-8-22)12-16-3-1-4-17(11-16)13-23-6-2-5-20-23/h1-6,11,18-19,24H,7-10,12-15H2/t18-,19-/m0/s1. The lowest BCUT2D eigenvalue weighted by Gasteiger charge is -2.33. The third kappa shape index (κ3) is 4.10. The highest BCUT2D eigenvalue weighted by molar-refractivity contribution is 5.24. The van der Waals surface area contributed by atoms with Crippen LogP contribution in [0.1, 0.15) is 11.1 Å². The fourth-order valence-corrected chi connectivity index (χ4v) is 3.91. The van der Waals surface area contributed by atoms with Crippen molar-refractivity contribution in [1.29, 1.82) is 0 Å². The number of aliphatic hydroxyl groups is 1. The Bertz CT molecular complexity index is 670. The molecule has 0 unspecified atom stereocenters. The zero-order chi connectivity index (χ0) is 17.1. The van der Waals surface area contributed by atoms with Gasteiger partial charge >= 0.3 is 0 Å². The summed E-state index contributed by atoms with van der Waals surface area (Å²) < 4.78 is 7.37. The van der Waals surface area contributed by atoms with Crippen LogP contribution in [0.4, 0.5) is 0 Å². The summed E-state index contributed by atoms with van der Waals surface area (Å²) in [5.41, 5.74) is 2.55. The van der Waals surface area contributed by atoms with Gasteiger partial charge in [0.15, 0.2) is 0 Å². The molecule has 0 radical (unpaired) electrons. The van der Waals surface area contributed by atoms with Gasteiger partial charge < -0.3 is 9.84 Å². The first kappa shape index (κ1) is 16.7. The lowest BCUT2D eigenvalue weighted by Crippen LogP contribution is -2.48. The molecular weight excluding hydrogens is 316 g/mol. The minimum atomic E-state index is -0.273. The average Bonchev–Trinajstić information content (AvgIpc) is 3.26. The Morgan fingerprint density at radius 3 is 2.64 bits per heavy atom. The zero-order valence-corrected chi connectivity index (χ0v) is 14.5. The van der Waals surface area contributed by atoms with E-state index in [-0.39, 0.29) is 12.1 Å². The quantitative estimate of drug-likeness (QED) is 0.871. The summed E-state index contributed by atoms with van der Waals surface area (Å²) in [6, 6.07) is 10.8. The number of ether oxygens (including phenoxy) is 1. The molecule has 2 aromatic rings. The molecule has 0 bridgehead atoms. The third-order valence-electron chi connectivity index (χ3n) is 5.15. The van der Waals surface area contributed by atoms with Crippen molar-refractivity contribution in [2.45, 2.75) is 25.2 Å². The van der Waals surface area contributed by atoms with Crippen LogP contribution in [0.25, 0.3) is 0 Å². The summed E-state index contributed by atoms with van der Waals surface area (Å²) in [6.07, 6.45) is 3.52. The minimum Gasteiger partial charge on any atom is -0.390 e. The summed E-state index contributed by atoms with van der Waals surface area (Å²) in [4.78, 5) is 4.74. The molecule has 0 aliphatic carbocycles. The van der Waals surface area contributed by atoms with Crippen LogP contribution in [-0.4, -0.2) is 76.2 Å². The Morgan fingerprint density at radius 2 is 1.88 bits per heavy atom. The van der Waals surface area contributed by atoms with Crippen molar-refractivity contribution in [3.05, 3.63) is 53.9 Å². The van der Waals surface area contributed by atoms with Gasteiger partial charge in [-0.3, -0.25) is 14.5 Å². The molecule has 1 aromatic carbocycles. The number of aromatic nitrogens is 2. The lowest BCUT2D eigenvalue weighted by atomic mass is 10.1. The molecule has 2 saturated heterocycles. The Hall–Kier alpha value is -1.73. The lowest BCUT2D eigenvalue weighted by molar-refractivity contribution is -0.00618. The first-order chi connectivity index (χ1) is 12.3. The van der Waals surface area contributed by atoms with E-state index in [0.717, 1.165) is 52.5 Å². The van der Waals surface area contributed by atoms with E-state index in [1.807, 2.05) is 16.9 Å². The van der Waals surface area contributed by atoms with Crippen LogP contribution in [0.2, 0.25) is 0 Å². The predicted molar refractivity (Wildman–Crippen MR) is 95.2 cm³/mol. The van der Waals surface area contributed by atoms with Crippen LogP contribution in [0.15, 0.2) is 42.7 Å². The van der Waals surface area contributed by atoms with E-state index in [1.165, 1.54) is 11.1 Å². The number of morpholine rings is 1. The first-order valence-corrected chi connectivity index (χ1v) is 9.05. The number of hydrogen-bond acceptors (Lipinski definition) is 5. The number of nitrogens with zero attached hydrogens (tertiary/aromatic N) is 4. The van der Waals surface area contributed by atoms with Crippen LogP contribution in [0, 0.1) is 0 Å². The molecule has 2 fully saturated rings. The second-order valence-electron chi connectivity index (χ2n) is 7.00. The molecule has 2 atom stereocenters. The summed E-state index contributed by atoms with van der Waals surface area (Å²) in [7, 11) is 0. The van der Waals surface area contributed by atoms with Gasteiger partial charge in [0.1, 0.15) is 0 Å². The highest BCUT2D eigenvalue weighted by atomic mass is 16.5. The van der Waals surface area contributed by atoms with E-state index in [4.69, 9.17) is 4.74 Å². The van der Waals surface area contributed by atoms with Crippen LogP contribution < -0.4 is 0 Å². The zero-order valence-electron chi connectivity index (χ0n) is 14.5. The molecule has 1 N–H and O–H groups in total. The molecular formula is C19H26N4O2. The van der Waals surface area contributed by atoms with Crippen LogP contribution in [-0.2, 0) is 17.8 Å².